The average molecular weight is 773 g/mol. The SMILES string of the molecule is CC[Si]CC.CCc1cc2c(-c3cccc4ccccc34)cccc2[cH-]1.Cc1cc2c(-c3cccc4ccccc34)cccc2[cH-]1.[Cl][Zr+2][Cl]. The molecule has 0 nitrogen and oxygen atoms in total. The van der Waals surface area contributed by atoms with Crippen LogP contribution in [0.25, 0.3) is 65.3 Å². The number of hydrogen-bond donors (Lipinski definition) is 0. The van der Waals surface area contributed by atoms with Crippen molar-refractivity contribution in [1.82, 2.24) is 0 Å². The molecule has 244 valence electrons. The van der Waals surface area contributed by atoms with Crippen molar-refractivity contribution in [2.75, 3.05) is 0 Å². The third-order valence-corrected chi connectivity index (χ3v) is 9.77. The van der Waals surface area contributed by atoms with Crippen molar-refractivity contribution in [2.45, 2.75) is 46.2 Å². The Balaban J connectivity index is 0.000000158. The van der Waals surface area contributed by atoms with E-state index in [0.717, 1.165) is 6.42 Å². The molecule has 8 aromatic carbocycles. The van der Waals surface area contributed by atoms with Crippen molar-refractivity contribution in [3.05, 3.63) is 157 Å². The molecule has 0 atom stereocenters. The maximum atomic E-state index is 4.93. The molecule has 0 amide bonds. The van der Waals surface area contributed by atoms with Gasteiger partial charge in [0.2, 0.25) is 0 Å². The van der Waals surface area contributed by atoms with Gasteiger partial charge in [0.15, 0.2) is 0 Å². The van der Waals surface area contributed by atoms with E-state index in [1.807, 2.05) is 0 Å². The first-order valence-electron chi connectivity index (χ1n) is 17.0. The van der Waals surface area contributed by atoms with Crippen LogP contribution in [0, 0.1) is 6.92 Å². The first-order valence-corrected chi connectivity index (χ1v) is 24.7. The van der Waals surface area contributed by atoms with E-state index in [0.29, 0.717) is 0 Å². The molecule has 49 heavy (non-hydrogen) atoms. The Morgan fingerprint density at radius 2 is 0.918 bits per heavy atom. The summed E-state index contributed by atoms with van der Waals surface area (Å²) < 4.78 is 0. The fourth-order valence-electron chi connectivity index (χ4n) is 6.53. The van der Waals surface area contributed by atoms with Gasteiger partial charge in [0, 0.05) is 9.52 Å². The molecule has 0 unspecified atom stereocenters. The summed E-state index contributed by atoms with van der Waals surface area (Å²) in [6, 6.07) is 55.4. The zero-order valence-electron chi connectivity index (χ0n) is 28.7. The van der Waals surface area contributed by atoms with E-state index >= 15 is 0 Å². The van der Waals surface area contributed by atoms with Crippen LogP contribution in [0.2, 0.25) is 12.1 Å². The van der Waals surface area contributed by atoms with E-state index in [-0.39, 0.29) is 0 Å². The van der Waals surface area contributed by atoms with Crippen molar-refractivity contribution in [1.29, 1.82) is 0 Å². The van der Waals surface area contributed by atoms with Gasteiger partial charge >= 0.3 is 37.9 Å². The van der Waals surface area contributed by atoms with Gasteiger partial charge in [0.25, 0.3) is 0 Å². The Labute approximate surface area is 313 Å². The molecule has 2 radical (unpaired) electrons. The van der Waals surface area contributed by atoms with Gasteiger partial charge < -0.3 is 0 Å². The number of fused-ring (bicyclic) bond motifs is 4. The van der Waals surface area contributed by atoms with E-state index in [4.69, 9.17) is 17.0 Å². The van der Waals surface area contributed by atoms with Gasteiger partial charge in [-0.1, -0.05) is 148 Å². The summed E-state index contributed by atoms with van der Waals surface area (Å²) in [5.41, 5.74) is 8.05. The first-order chi connectivity index (χ1) is 24.0. The Morgan fingerprint density at radius 3 is 1.39 bits per heavy atom. The van der Waals surface area contributed by atoms with Crippen LogP contribution in [0.3, 0.4) is 0 Å². The first kappa shape index (κ1) is 37.0. The van der Waals surface area contributed by atoms with Gasteiger partial charge in [-0.3, -0.25) is 0 Å². The summed E-state index contributed by atoms with van der Waals surface area (Å²) in [5, 5.41) is 10.6. The average Bonchev–Trinajstić information content (AvgIpc) is 3.75. The standard InChI is InChI=1S/C21H17.C20H15.C4H10Si.2ClH.Zr/c1-2-15-13-17-9-6-12-20(21(17)14-15)19-11-5-8-16-7-3-4-10-18(16)19;1-14-12-16-8-5-11-19(20(16)13-14)18-10-4-7-15-6-2-3-9-17(15)18;1-3-5-4-2;;;/h3-14H,2H2,1H3;2-13H,1H3;3-4H2,1-2H3;2*1H;/q2*-1;;;;+4/p-2. The second-order valence-electron chi connectivity index (χ2n) is 11.9. The fraction of sp³-hybridized carbons (Fsp3) is 0.156. The van der Waals surface area contributed by atoms with Gasteiger partial charge in [-0.25, -0.2) is 0 Å². The maximum absolute atomic E-state index is 4.93. The van der Waals surface area contributed by atoms with Gasteiger partial charge in [-0.2, -0.15) is 12.1 Å². The van der Waals surface area contributed by atoms with Crippen LogP contribution in [0.5, 0.6) is 0 Å². The molecular weight excluding hydrogens is 731 g/mol. The summed E-state index contributed by atoms with van der Waals surface area (Å²) in [5.74, 6) is 0. The van der Waals surface area contributed by atoms with Crippen molar-refractivity contribution >= 4 is 69.6 Å². The fourth-order valence-corrected chi connectivity index (χ4v) is 7.03. The summed E-state index contributed by atoms with van der Waals surface area (Å²) in [6.07, 6.45) is 1.09. The molecule has 0 saturated carbocycles. The van der Waals surface area contributed by atoms with E-state index in [2.05, 4.69) is 173 Å². The van der Waals surface area contributed by atoms with Gasteiger partial charge in [0.05, 0.1) is 0 Å². The Morgan fingerprint density at radius 1 is 0.510 bits per heavy atom. The molecule has 0 bridgehead atoms. The number of aryl methyl sites for hydroxylation is 2. The predicted octanol–water partition coefficient (Wildman–Crippen LogP) is 14.6. The van der Waals surface area contributed by atoms with Crippen molar-refractivity contribution in [3.63, 3.8) is 0 Å². The van der Waals surface area contributed by atoms with Crippen LogP contribution in [-0.4, -0.2) is 9.52 Å². The summed E-state index contributed by atoms with van der Waals surface area (Å²) in [6.45, 7) is 8.82. The Bertz CT molecular complexity index is 2230. The third kappa shape index (κ3) is 9.11. The quantitative estimate of drug-likeness (QED) is 0.121. The zero-order chi connectivity index (χ0) is 34.6. The van der Waals surface area contributed by atoms with Crippen molar-refractivity contribution in [3.8, 4) is 22.3 Å². The number of rotatable bonds is 5. The molecule has 0 heterocycles. The minimum atomic E-state index is -0.826. The van der Waals surface area contributed by atoms with Crippen LogP contribution < -0.4 is 0 Å². The van der Waals surface area contributed by atoms with Crippen LogP contribution in [0.15, 0.2) is 146 Å². The molecular formula is C45H42Cl2SiZr. The van der Waals surface area contributed by atoms with E-state index in [1.165, 1.54) is 98.1 Å². The minimum absolute atomic E-state index is 0.826. The Hall–Kier alpha value is -3.26. The topological polar surface area (TPSA) is 0 Å². The van der Waals surface area contributed by atoms with Crippen LogP contribution in [0.1, 0.15) is 31.9 Å². The van der Waals surface area contributed by atoms with Crippen LogP contribution in [-0.2, 0) is 27.3 Å². The molecule has 0 aliphatic carbocycles. The van der Waals surface area contributed by atoms with Gasteiger partial charge in [0.1, 0.15) is 0 Å². The number of benzene rings is 6. The van der Waals surface area contributed by atoms with E-state index < -0.39 is 20.8 Å². The Kier molecular flexibility index (Phi) is 14.1. The van der Waals surface area contributed by atoms with Crippen molar-refractivity contribution in [2.24, 2.45) is 0 Å². The van der Waals surface area contributed by atoms with Crippen molar-refractivity contribution < 1.29 is 20.8 Å². The summed E-state index contributed by atoms with van der Waals surface area (Å²) >= 11 is -0.826. The molecule has 4 heteroatoms. The molecule has 0 aliphatic rings. The number of halogens is 2. The van der Waals surface area contributed by atoms with Crippen LogP contribution >= 0.6 is 17.0 Å². The second-order valence-corrected chi connectivity index (χ2v) is 17.6. The number of hydrogen-bond acceptors (Lipinski definition) is 0. The predicted molar refractivity (Wildman–Crippen MR) is 218 cm³/mol. The zero-order valence-corrected chi connectivity index (χ0v) is 33.7. The molecule has 0 aliphatic heterocycles. The molecule has 8 aromatic rings. The van der Waals surface area contributed by atoms with E-state index in [9.17, 15) is 0 Å². The van der Waals surface area contributed by atoms with Gasteiger partial charge in [-0.15, -0.1) is 69.1 Å². The summed E-state index contributed by atoms with van der Waals surface area (Å²) in [7, 11) is 11.1. The molecule has 0 spiro atoms. The molecule has 0 saturated heterocycles. The second kappa shape index (κ2) is 18.7. The molecule has 0 N–H and O–H groups in total. The van der Waals surface area contributed by atoms with Crippen LogP contribution in [0.4, 0.5) is 0 Å². The summed E-state index contributed by atoms with van der Waals surface area (Å²) in [4.78, 5) is 0. The van der Waals surface area contributed by atoms with E-state index in [1.54, 1.807) is 0 Å². The van der Waals surface area contributed by atoms with Gasteiger partial charge in [-0.05, 0) is 39.1 Å². The third-order valence-electron chi connectivity index (χ3n) is 8.77. The molecule has 0 fully saturated rings. The molecule has 0 aromatic heterocycles. The normalized spacial score (nSPS) is 10.5. The monoisotopic (exact) mass is 770 g/mol. The molecule has 8 rings (SSSR count).